The van der Waals surface area contributed by atoms with E-state index in [0.29, 0.717) is 11.5 Å². The second-order valence-electron chi connectivity index (χ2n) is 8.47. The summed E-state index contributed by atoms with van der Waals surface area (Å²) < 4.78 is 29.7. The van der Waals surface area contributed by atoms with Crippen LogP contribution in [0.1, 0.15) is 11.3 Å². The van der Waals surface area contributed by atoms with Crippen LogP contribution in [-0.4, -0.2) is 23.2 Å². The molecule has 0 saturated heterocycles. The molecule has 8 heteroatoms. The third-order valence-corrected chi connectivity index (χ3v) is 6.99. The average molecular weight is 496 g/mol. The normalized spacial score (nSPS) is 11.3. The Labute approximate surface area is 210 Å². The number of rotatable bonds is 7. The summed E-state index contributed by atoms with van der Waals surface area (Å²) >= 11 is 0. The van der Waals surface area contributed by atoms with Crippen LogP contribution in [0.2, 0.25) is 0 Å². The van der Waals surface area contributed by atoms with E-state index in [0.717, 1.165) is 33.9 Å². The fourth-order valence-corrected chi connectivity index (χ4v) is 4.98. The highest BCUT2D eigenvalue weighted by molar-refractivity contribution is 7.92. The van der Waals surface area contributed by atoms with E-state index in [1.54, 1.807) is 60.8 Å². The first-order valence-electron chi connectivity index (χ1n) is 11.4. The van der Waals surface area contributed by atoms with Gasteiger partial charge in [-0.2, -0.15) is 5.10 Å². The van der Waals surface area contributed by atoms with E-state index >= 15 is 0 Å². The standard InChI is InChI=1S/C28H25N5O2S/c1-20-7-6-8-25(17-20)33-27(18-21(2)31-33)22-15-16-29-28(19-22)30-23-11-13-24(14-12-23)32-36(34,35)26-9-4-3-5-10-26/h3-19,32H,1-2H3,(H,29,30). The van der Waals surface area contributed by atoms with E-state index in [4.69, 9.17) is 5.10 Å². The number of benzene rings is 3. The summed E-state index contributed by atoms with van der Waals surface area (Å²) in [6.45, 7) is 4.04. The molecule has 0 radical (unpaired) electrons. The van der Waals surface area contributed by atoms with Crippen molar-refractivity contribution < 1.29 is 8.42 Å². The van der Waals surface area contributed by atoms with Crippen molar-refractivity contribution in [2.75, 3.05) is 10.0 Å². The minimum absolute atomic E-state index is 0.216. The molecular weight excluding hydrogens is 470 g/mol. The summed E-state index contributed by atoms with van der Waals surface area (Å²) in [5, 5.41) is 7.99. The van der Waals surface area contributed by atoms with Crippen molar-refractivity contribution in [1.82, 2.24) is 14.8 Å². The second-order valence-corrected chi connectivity index (χ2v) is 10.2. The van der Waals surface area contributed by atoms with Crippen molar-refractivity contribution in [2.45, 2.75) is 18.7 Å². The Balaban J connectivity index is 1.36. The third kappa shape index (κ3) is 5.13. The van der Waals surface area contributed by atoms with Crippen molar-refractivity contribution >= 4 is 27.2 Å². The van der Waals surface area contributed by atoms with E-state index < -0.39 is 10.0 Å². The Hall–Kier alpha value is -4.43. The second kappa shape index (κ2) is 9.67. The molecule has 0 aliphatic rings. The van der Waals surface area contributed by atoms with Crippen LogP contribution in [0, 0.1) is 13.8 Å². The Bertz CT molecular complexity index is 1610. The van der Waals surface area contributed by atoms with Gasteiger partial charge in [0.15, 0.2) is 0 Å². The van der Waals surface area contributed by atoms with Crippen molar-refractivity contribution in [1.29, 1.82) is 0 Å². The van der Waals surface area contributed by atoms with Gasteiger partial charge in [-0.15, -0.1) is 0 Å². The highest BCUT2D eigenvalue weighted by atomic mass is 32.2. The average Bonchev–Trinajstić information content (AvgIpc) is 3.28. The molecule has 5 aromatic rings. The number of nitrogens with one attached hydrogen (secondary N) is 2. The maximum absolute atomic E-state index is 12.6. The quantitative estimate of drug-likeness (QED) is 0.285. The van der Waals surface area contributed by atoms with Gasteiger partial charge in [0.1, 0.15) is 5.82 Å². The fourth-order valence-electron chi connectivity index (χ4n) is 3.90. The summed E-state index contributed by atoms with van der Waals surface area (Å²) in [7, 11) is -3.64. The van der Waals surface area contributed by atoms with E-state index in [2.05, 4.69) is 40.1 Å². The molecule has 0 amide bonds. The Morgan fingerprint density at radius 2 is 1.53 bits per heavy atom. The molecule has 5 rings (SSSR count). The molecule has 36 heavy (non-hydrogen) atoms. The number of nitrogens with zero attached hydrogens (tertiary/aromatic N) is 3. The van der Waals surface area contributed by atoms with Crippen LogP contribution >= 0.6 is 0 Å². The van der Waals surface area contributed by atoms with Crippen molar-refractivity contribution in [2.24, 2.45) is 0 Å². The number of hydrogen-bond acceptors (Lipinski definition) is 5. The van der Waals surface area contributed by atoms with Gasteiger partial charge >= 0.3 is 0 Å². The predicted molar refractivity (Wildman–Crippen MR) is 143 cm³/mol. The lowest BCUT2D eigenvalue weighted by Crippen LogP contribution is -2.12. The number of aromatic nitrogens is 3. The molecule has 180 valence electrons. The molecule has 0 unspecified atom stereocenters. The smallest absolute Gasteiger partial charge is 0.261 e. The molecule has 0 bridgehead atoms. The van der Waals surface area contributed by atoms with Gasteiger partial charge in [-0.05, 0) is 86.1 Å². The lowest BCUT2D eigenvalue weighted by Gasteiger charge is -2.11. The zero-order chi connectivity index (χ0) is 25.1. The lowest BCUT2D eigenvalue weighted by molar-refractivity contribution is 0.601. The summed E-state index contributed by atoms with van der Waals surface area (Å²) in [4.78, 5) is 4.67. The van der Waals surface area contributed by atoms with Crippen LogP contribution in [0.25, 0.3) is 16.9 Å². The van der Waals surface area contributed by atoms with Crippen LogP contribution in [0.4, 0.5) is 17.2 Å². The molecule has 0 saturated carbocycles. The van der Waals surface area contributed by atoms with Gasteiger partial charge in [-0.3, -0.25) is 4.72 Å². The van der Waals surface area contributed by atoms with E-state index in [9.17, 15) is 8.42 Å². The first-order chi connectivity index (χ1) is 17.4. The first-order valence-corrected chi connectivity index (χ1v) is 12.9. The van der Waals surface area contributed by atoms with Gasteiger partial charge in [0.25, 0.3) is 10.0 Å². The summed E-state index contributed by atoms with van der Waals surface area (Å²) in [5.74, 6) is 0.666. The molecule has 2 N–H and O–H groups in total. The Morgan fingerprint density at radius 3 is 2.28 bits per heavy atom. The van der Waals surface area contributed by atoms with Crippen molar-refractivity contribution in [3.63, 3.8) is 0 Å². The van der Waals surface area contributed by atoms with Gasteiger partial charge in [0.05, 0.1) is 22.0 Å². The molecule has 3 aromatic carbocycles. The molecule has 0 fully saturated rings. The van der Waals surface area contributed by atoms with Crippen LogP contribution in [0.5, 0.6) is 0 Å². The highest BCUT2D eigenvalue weighted by Gasteiger charge is 2.14. The van der Waals surface area contributed by atoms with Gasteiger partial charge in [-0.25, -0.2) is 18.1 Å². The molecule has 2 heterocycles. The summed E-state index contributed by atoms with van der Waals surface area (Å²) in [5.41, 5.74) is 6.29. The number of aryl methyl sites for hydroxylation is 2. The molecule has 0 aliphatic carbocycles. The van der Waals surface area contributed by atoms with Crippen LogP contribution < -0.4 is 10.0 Å². The minimum atomic E-state index is -3.64. The van der Waals surface area contributed by atoms with Gasteiger partial charge < -0.3 is 5.32 Å². The maximum atomic E-state index is 12.6. The Morgan fingerprint density at radius 1 is 0.778 bits per heavy atom. The molecule has 2 aromatic heterocycles. The zero-order valence-electron chi connectivity index (χ0n) is 19.9. The monoisotopic (exact) mass is 495 g/mol. The number of pyridine rings is 1. The molecule has 7 nitrogen and oxygen atoms in total. The maximum Gasteiger partial charge on any atom is 0.261 e. The molecule has 0 aliphatic heterocycles. The molecular formula is C28H25N5O2S. The van der Waals surface area contributed by atoms with Gasteiger partial charge in [0, 0.05) is 23.1 Å². The SMILES string of the molecule is Cc1cccc(-n2nc(C)cc2-c2ccnc(Nc3ccc(NS(=O)(=O)c4ccccc4)cc3)c2)c1. The molecule has 0 atom stereocenters. The topological polar surface area (TPSA) is 88.9 Å². The largest absolute Gasteiger partial charge is 0.340 e. The number of hydrogen-bond donors (Lipinski definition) is 2. The van der Waals surface area contributed by atoms with Crippen molar-refractivity contribution in [3.8, 4) is 16.9 Å². The Kier molecular flexibility index (Phi) is 6.26. The number of anilines is 3. The first kappa shape index (κ1) is 23.3. The summed E-state index contributed by atoms with van der Waals surface area (Å²) in [6.07, 6.45) is 1.75. The van der Waals surface area contributed by atoms with Gasteiger partial charge in [0.2, 0.25) is 0 Å². The van der Waals surface area contributed by atoms with Crippen LogP contribution in [-0.2, 0) is 10.0 Å². The highest BCUT2D eigenvalue weighted by Crippen LogP contribution is 2.27. The van der Waals surface area contributed by atoms with E-state index in [1.165, 1.54) is 0 Å². The predicted octanol–water partition coefficient (Wildman–Crippen LogP) is 6.10. The lowest BCUT2D eigenvalue weighted by atomic mass is 10.1. The van der Waals surface area contributed by atoms with Crippen molar-refractivity contribution in [3.05, 3.63) is 115 Å². The summed E-state index contributed by atoms with van der Waals surface area (Å²) in [6, 6.07) is 29.5. The van der Waals surface area contributed by atoms with Gasteiger partial charge in [-0.1, -0.05) is 30.3 Å². The van der Waals surface area contributed by atoms with E-state index in [-0.39, 0.29) is 4.90 Å². The van der Waals surface area contributed by atoms with Crippen LogP contribution in [0.3, 0.4) is 0 Å². The molecule has 0 spiro atoms. The number of sulfonamides is 1. The minimum Gasteiger partial charge on any atom is -0.340 e. The zero-order valence-corrected chi connectivity index (χ0v) is 20.7. The fraction of sp³-hybridized carbons (Fsp3) is 0.0714. The van der Waals surface area contributed by atoms with E-state index in [1.807, 2.05) is 35.9 Å². The third-order valence-electron chi connectivity index (χ3n) is 5.60. The van der Waals surface area contributed by atoms with Crippen LogP contribution in [0.15, 0.2) is 108 Å².